The van der Waals surface area contributed by atoms with E-state index in [1.54, 1.807) is 0 Å². The van der Waals surface area contributed by atoms with Gasteiger partial charge in [-0.3, -0.25) is 19.3 Å². The smallest absolute Gasteiger partial charge is 0.306 e. The normalized spacial score (nSPS) is 12.9. The quantitative estimate of drug-likeness (QED) is 0.0302. The molecule has 0 aliphatic heterocycles. The number of unbranched alkanes of at least 4 members (excludes halogenated alkanes) is 37. The second-order valence-corrected chi connectivity index (χ2v) is 28.7. The second kappa shape index (κ2) is 72.9. The van der Waals surface area contributed by atoms with Crippen molar-refractivity contribution in [2.45, 2.75) is 419 Å². The van der Waals surface area contributed by atoms with E-state index in [2.05, 4.69) is 51.3 Å². The minimum absolute atomic E-state index is 0.000555. The topological polar surface area (TPSA) is 155 Å². The summed E-state index contributed by atoms with van der Waals surface area (Å²) < 4.78 is 24.5. The molecule has 0 spiro atoms. The van der Waals surface area contributed by atoms with Crippen LogP contribution in [0.2, 0.25) is 0 Å². The van der Waals surface area contributed by atoms with Crippen molar-refractivity contribution in [1.29, 1.82) is 0 Å². The van der Waals surface area contributed by atoms with Gasteiger partial charge in [0.05, 0.1) is 32.0 Å². The van der Waals surface area contributed by atoms with Crippen LogP contribution in [0.4, 0.5) is 0 Å². The van der Waals surface area contributed by atoms with E-state index in [4.69, 9.17) is 18.9 Å². The zero-order valence-corrected chi connectivity index (χ0v) is 62.9. The number of hydrogen-bond acceptors (Lipinski definition) is 12. The Morgan fingerprint density at radius 2 is 0.667 bits per heavy atom. The van der Waals surface area contributed by atoms with Crippen LogP contribution in [-0.2, 0) is 33.3 Å². The lowest BCUT2D eigenvalue weighted by Crippen LogP contribution is -2.38. The Morgan fingerprint density at radius 3 is 1.11 bits per heavy atom. The fourth-order valence-corrected chi connectivity index (χ4v) is 13.3. The molecule has 3 N–H and O–H groups in total. The van der Waals surface area contributed by atoms with Crippen LogP contribution in [0.25, 0.3) is 0 Å². The Kier molecular flexibility index (Phi) is 71.5. The molecule has 0 amide bonds. The highest BCUT2D eigenvalue weighted by atomic mass is 16.6. The Hall–Kier alpha value is -1.83. The SMILES string of the molecule is CCCCCCCCCCCC[C@@H](CN(CCO)CCCCCCCC(=O)OC(CCCCCCCC)CCCCCCCC)OCCCCC(CCCC)[C@H](O)CN(CCCCCO)CCCCCC(COC(=O)CCCCCCC)COC(=O)CCCCCCC. The maximum Gasteiger partial charge on any atom is 0.306 e. The lowest BCUT2D eigenvalue weighted by molar-refractivity contribution is -0.151. The van der Waals surface area contributed by atoms with E-state index < -0.39 is 6.10 Å². The van der Waals surface area contributed by atoms with Gasteiger partial charge in [-0.15, -0.1) is 0 Å². The van der Waals surface area contributed by atoms with Gasteiger partial charge in [-0.25, -0.2) is 0 Å². The molecule has 554 valence electrons. The van der Waals surface area contributed by atoms with Crippen LogP contribution in [0.1, 0.15) is 401 Å². The van der Waals surface area contributed by atoms with Crippen molar-refractivity contribution in [3.8, 4) is 0 Å². The predicted molar refractivity (Wildman–Crippen MR) is 394 cm³/mol. The molecule has 0 aromatic heterocycles. The maximum absolute atomic E-state index is 13.1. The van der Waals surface area contributed by atoms with Gasteiger partial charge in [0, 0.05) is 58.0 Å². The molecule has 12 nitrogen and oxygen atoms in total. The maximum atomic E-state index is 13.1. The van der Waals surface area contributed by atoms with Crippen molar-refractivity contribution in [2.24, 2.45) is 11.8 Å². The molecule has 0 saturated heterocycles. The molecule has 0 rings (SSSR count). The molecule has 0 aromatic rings. The first-order valence-corrected chi connectivity index (χ1v) is 41.1. The lowest BCUT2D eigenvalue weighted by atomic mass is 9.90. The summed E-state index contributed by atoms with van der Waals surface area (Å²) in [5, 5.41) is 31.8. The molecule has 0 heterocycles. The number of hydrogen-bond donors (Lipinski definition) is 3. The summed E-state index contributed by atoms with van der Waals surface area (Å²) in [6.45, 7) is 20.0. The first-order valence-electron chi connectivity index (χ1n) is 41.1. The van der Waals surface area contributed by atoms with Gasteiger partial charge in [0.1, 0.15) is 6.10 Å². The highest BCUT2D eigenvalue weighted by Crippen LogP contribution is 2.24. The molecule has 0 aromatic carbocycles. The summed E-state index contributed by atoms with van der Waals surface area (Å²) in [5.41, 5.74) is 0. The van der Waals surface area contributed by atoms with Gasteiger partial charge in [-0.05, 0) is 135 Å². The average Bonchev–Trinajstić information content (AvgIpc) is 3.51. The lowest BCUT2D eigenvalue weighted by Gasteiger charge is -2.30. The molecule has 0 aliphatic rings. The van der Waals surface area contributed by atoms with Crippen molar-refractivity contribution in [3.63, 3.8) is 0 Å². The molecule has 1 unspecified atom stereocenters. The average molecular weight is 1320 g/mol. The van der Waals surface area contributed by atoms with Crippen molar-refractivity contribution in [2.75, 3.05) is 72.3 Å². The van der Waals surface area contributed by atoms with E-state index in [-0.39, 0.29) is 55.2 Å². The van der Waals surface area contributed by atoms with E-state index in [1.165, 1.54) is 154 Å². The van der Waals surface area contributed by atoms with Crippen molar-refractivity contribution >= 4 is 17.9 Å². The summed E-state index contributed by atoms with van der Waals surface area (Å²) in [4.78, 5) is 43.4. The standard InChI is InChI=1S/C81H160N2O10/c1-7-13-19-24-27-28-29-30-36-44-59-77(70-83(66-68-85)65-49-38-31-37-47-62-81(89)93-76(57-42-34-25-20-14-8-2)58-43-35-26-21-15-9-3)90-69-53-48-56-75(55-18-12-6)78(86)71-82(64-51-40-52-67-84)63-50-39-41-54-74(72-91-79(87)60-45-32-22-16-10-4)73-92-80(88)61-46-33-23-17-11-5/h74-78,84-86H,7-73H2,1-6H3/t75?,77-,78+/m0/s1. The van der Waals surface area contributed by atoms with Crippen molar-refractivity contribution < 1.29 is 48.7 Å². The molecular weight excluding hydrogens is 1160 g/mol. The summed E-state index contributed by atoms with van der Waals surface area (Å²) >= 11 is 0. The fraction of sp³-hybridized carbons (Fsp3) is 0.963. The van der Waals surface area contributed by atoms with Crippen LogP contribution >= 0.6 is 0 Å². The van der Waals surface area contributed by atoms with Gasteiger partial charge in [-0.1, -0.05) is 273 Å². The number of carbonyl (C=O) groups excluding carboxylic acids is 3. The Labute approximate surface area is 577 Å². The third-order valence-electron chi connectivity index (χ3n) is 19.6. The molecule has 0 fully saturated rings. The Balaban J connectivity index is 5.57. The van der Waals surface area contributed by atoms with Crippen LogP contribution in [0, 0.1) is 11.8 Å². The number of ether oxygens (including phenoxy) is 4. The summed E-state index contributed by atoms with van der Waals surface area (Å²) in [6, 6.07) is 0. The summed E-state index contributed by atoms with van der Waals surface area (Å²) in [6.07, 6.45) is 61.5. The minimum Gasteiger partial charge on any atom is -0.465 e. The highest BCUT2D eigenvalue weighted by molar-refractivity contribution is 5.70. The molecular formula is C81H160N2O10. The molecule has 93 heavy (non-hydrogen) atoms. The second-order valence-electron chi connectivity index (χ2n) is 28.7. The van der Waals surface area contributed by atoms with Crippen LogP contribution in [-0.4, -0.2) is 134 Å². The van der Waals surface area contributed by atoms with Gasteiger partial charge in [-0.2, -0.15) is 0 Å². The third kappa shape index (κ3) is 63.4. The number of esters is 3. The molecule has 3 atom stereocenters. The van der Waals surface area contributed by atoms with Gasteiger partial charge in [0.25, 0.3) is 0 Å². The molecule has 0 bridgehead atoms. The van der Waals surface area contributed by atoms with Crippen molar-refractivity contribution in [1.82, 2.24) is 9.80 Å². The Morgan fingerprint density at radius 1 is 0.323 bits per heavy atom. The predicted octanol–water partition coefficient (Wildman–Crippen LogP) is 21.5. The van der Waals surface area contributed by atoms with Gasteiger partial charge in [0.2, 0.25) is 0 Å². The molecule has 12 heteroatoms. The first-order chi connectivity index (χ1) is 45.6. The third-order valence-corrected chi connectivity index (χ3v) is 19.6. The molecule has 0 radical (unpaired) electrons. The van der Waals surface area contributed by atoms with E-state index in [9.17, 15) is 29.7 Å². The van der Waals surface area contributed by atoms with Gasteiger partial charge in [0.15, 0.2) is 0 Å². The van der Waals surface area contributed by atoms with Gasteiger partial charge >= 0.3 is 17.9 Å². The van der Waals surface area contributed by atoms with E-state index >= 15 is 0 Å². The first kappa shape index (κ1) is 91.2. The monoisotopic (exact) mass is 1320 g/mol. The zero-order valence-electron chi connectivity index (χ0n) is 62.9. The van der Waals surface area contributed by atoms with Crippen LogP contribution < -0.4 is 0 Å². The van der Waals surface area contributed by atoms with Crippen LogP contribution in [0.5, 0.6) is 0 Å². The minimum atomic E-state index is -0.410. The molecule has 0 aliphatic carbocycles. The van der Waals surface area contributed by atoms with Gasteiger partial charge < -0.3 is 39.2 Å². The number of carbonyl (C=O) groups is 3. The van der Waals surface area contributed by atoms with Crippen LogP contribution in [0.15, 0.2) is 0 Å². The summed E-state index contributed by atoms with van der Waals surface area (Å²) in [5.74, 6) is -0.0892. The Bertz CT molecular complexity index is 1490. The fourth-order valence-electron chi connectivity index (χ4n) is 13.3. The molecule has 0 saturated carbocycles. The highest BCUT2D eigenvalue weighted by Gasteiger charge is 2.23. The number of rotatable bonds is 77. The zero-order chi connectivity index (χ0) is 68.0. The summed E-state index contributed by atoms with van der Waals surface area (Å²) in [7, 11) is 0. The van der Waals surface area contributed by atoms with E-state index in [1.807, 2.05) is 0 Å². The number of aliphatic hydroxyl groups is 3. The largest absolute Gasteiger partial charge is 0.465 e. The van der Waals surface area contributed by atoms with Crippen molar-refractivity contribution in [3.05, 3.63) is 0 Å². The van der Waals surface area contributed by atoms with E-state index in [0.717, 1.165) is 212 Å². The number of nitrogens with zero attached hydrogens (tertiary/aromatic N) is 2. The number of aliphatic hydroxyl groups excluding tert-OH is 3. The van der Waals surface area contributed by atoms with E-state index in [0.29, 0.717) is 52.2 Å². The van der Waals surface area contributed by atoms with Crippen LogP contribution in [0.3, 0.4) is 0 Å².